The van der Waals surface area contributed by atoms with E-state index >= 15 is 0 Å². The maximum absolute atomic E-state index is 11.0. The van der Waals surface area contributed by atoms with E-state index in [1.54, 1.807) is 12.4 Å². The zero-order valence-electron chi connectivity index (χ0n) is 15.6. The summed E-state index contributed by atoms with van der Waals surface area (Å²) in [7, 11) is 0. The Morgan fingerprint density at radius 2 is 2.19 bits per heavy atom. The number of rotatable bonds is 7. The zero-order valence-corrected chi connectivity index (χ0v) is 15.6. The Kier molecular flexibility index (Phi) is 5.03. The molecule has 0 bridgehead atoms. The van der Waals surface area contributed by atoms with Crippen LogP contribution in [-0.4, -0.2) is 56.1 Å². The summed E-state index contributed by atoms with van der Waals surface area (Å²) in [5.74, 6) is 0.910. The van der Waals surface area contributed by atoms with Crippen LogP contribution in [0.4, 0.5) is 5.82 Å². The number of anilines is 1. The van der Waals surface area contributed by atoms with Crippen molar-refractivity contribution < 1.29 is 9.90 Å². The third-order valence-electron chi connectivity index (χ3n) is 5.57. The third kappa shape index (κ3) is 3.78. The van der Waals surface area contributed by atoms with Crippen LogP contribution >= 0.6 is 0 Å². The van der Waals surface area contributed by atoms with Crippen LogP contribution in [-0.2, 0) is 17.6 Å². The predicted molar refractivity (Wildman–Crippen MR) is 103 cm³/mol. The quantitative estimate of drug-likeness (QED) is 0.776. The van der Waals surface area contributed by atoms with Gasteiger partial charge in [-0.15, -0.1) is 0 Å². The molecule has 0 amide bonds. The van der Waals surface area contributed by atoms with Crippen molar-refractivity contribution in [1.82, 2.24) is 19.9 Å². The predicted octanol–water partition coefficient (Wildman–Crippen LogP) is 2.38. The minimum Gasteiger partial charge on any atom is -0.480 e. The second kappa shape index (κ2) is 7.60. The molecule has 7 nitrogen and oxygen atoms in total. The van der Waals surface area contributed by atoms with E-state index in [9.17, 15) is 4.79 Å². The number of carboxylic acids is 1. The van der Waals surface area contributed by atoms with Crippen molar-refractivity contribution in [2.24, 2.45) is 0 Å². The van der Waals surface area contributed by atoms with E-state index in [0.29, 0.717) is 12.1 Å². The van der Waals surface area contributed by atoms with E-state index in [0.717, 1.165) is 61.5 Å². The van der Waals surface area contributed by atoms with E-state index in [1.165, 1.54) is 5.56 Å². The highest BCUT2D eigenvalue weighted by Crippen LogP contribution is 2.33. The molecule has 0 saturated heterocycles. The summed E-state index contributed by atoms with van der Waals surface area (Å²) in [6.45, 7) is 2.89. The van der Waals surface area contributed by atoms with Crippen molar-refractivity contribution in [2.75, 3.05) is 18.4 Å². The van der Waals surface area contributed by atoms with Gasteiger partial charge in [0.05, 0.1) is 6.54 Å². The lowest BCUT2D eigenvalue weighted by atomic mass is 9.85. The first-order valence-electron chi connectivity index (χ1n) is 9.66. The monoisotopic (exact) mass is 367 g/mol. The molecule has 2 heterocycles. The lowest BCUT2D eigenvalue weighted by molar-refractivity contribution is -0.139. The highest BCUT2D eigenvalue weighted by atomic mass is 16.4. The molecule has 2 N–H and O–H groups in total. The van der Waals surface area contributed by atoms with Crippen LogP contribution < -0.4 is 5.32 Å². The Balaban J connectivity index is 1.48. The Labute approximate surface area is 158 Å². The number of aliphatic carboxylic acids is 1. The summed E-state index contributed by atoms with van der Waals surface area (Å²) < 4.78 is 0. The maximum Gasteiger partial charge on any atom is 0.317 e. The molecule has 7 heteroatoms. The molecule has 4 rings (SSSR count). The number of aromatic nitrogens is 3. The molecular weight excluding hydrogens is 342 g/mol. The van der Waals surface area contributed by atoms with Crippen molar-refractivity contribution in [2.45, 2.75) is 51.1 Å². The van der Waals surface area contributed by atoms with Crippen molar-refractivity contribution >= 4 is 11.8 Å². The molecule has 142 valence electrons. The van der Waals surface area contributed by atoms with Gasteiger partial charge in [-0.1, -0.05) is 6.92 Å². The summed E-state index contributed by atoms with van der Waals surface area (Å²) in [5, 5.41) is 12.7. The van der Waals surface area contributed by atoms with Crippen molar-refractivity contribution in [3.8, 4) is 11.4 Å². The minimum absolute atomic E-state index is 0.113. The van der Waals surface area contributed by atoms with Gasteiger partial charge in [-0.3, -0.25) is 14.7 Å². The number of hydrogen-bond donors (Lipinski definition) is 2. The van der Waals surface area contributed by atoms with Gasteiger partial charge >= 0.3 is 5.97 Å². The number of pyridine rings is 1. The Morgan fingerprint density at radius 1 is 1.33 bits per heavy atom. The van der Waals surface area contributed by atoms with Gasteiger partial charge < -0.3 is 10.4 Å². The van der Waals surface area contributed by atoms with Gasteiger partial charge in [-0.05, 0) is 50.8 Å². The van der Waals surface area contributed by atoms with Crippen molar-refractivity contribution in [3.05, 3.63) is 35.8 Å². The van der Waals surface area contributed by atoms with Gasteiger partial charge in [-0.25, -0.2) is 9.97 Å². The van der Waals surface area contributed by atoms with E-state index < -0.39 is 5.97 Å². The van der Waals surface area contributed by atoms with Crippen LogP contribution in [0.25, 0.3) is 11.4 Å². The molecule has 0 radical (unpaired) electrons. The Bertz CT molecular complexity index is 821. The Hall–Kier alpha value is -2.54. The first-order chi connectivity index (χ1) is 13.1. The van der Waals surface area contributed by atoms with Gasteiger partial charge in [-0.2, -0.15) is 0 Å². The summed E-state index contributed by atoms with van der Waals surface area (Å²) in [6.07, 6.45) is 8.57. The van der Waals surface area contributed by atoms with Gasteiger partial charge in [0.25, 0.3) is 0 Å². The molecule has 1 saturated carbocycles. The molecule has 0 aromatic carbocycles. The third-order valence-corrected chi connectivity index (χ3v) is 5.57. The number of hydrogen-bond acceptors (Lipinski definition) is 6. The average Bonchev–Trinajstić information content (AvgIpc) is 3.12. The fraction of sp³-hybridized carbons (Fsp3) is 0.500. The highest BCUT2D eigenvalue weighted by Gasteiger charge is 2.35. The summed E-state index contributed by atoms with van der Waals surface area (Å²) in [6, 6.07) is 4.55. The SMILES string of the molecule is CCN(CC(=O)O)C1CC(Nc2nc(-c3cccnc3)nc3c2CCC3)C1. The molecule has 0 aliphatic heterocycles. The molecule has 2 aromatic rings. The second-order valence-corrected chi connectivity index (χ2v) is 7.34. The van der Waals surface area contributed by atoms with Crippen LogP contribution in [0.5, 0.6) is 0 Å². The number of aryl methyl sites for hydroxylation is 1. The van der Waals surface area contributed by atoms with E-state index in [4.69, 9.17) is 15.1 Å². The molecule has 0 unspecified atom stereocenters. The summed E-state index contributed by atoms with van der Waals surface area (Å²) in [5.41, 5.74) is 3.31. The molecular formula is C20H25N5O2. The average molecular weight is 367 g/mol. The van der Waals surface area contributed by atoms with E-state index in [2.05, 4.69) is 10.3 Å². The normalized spacial score (nSPS) is 21.0. The highest BCUT2D eigenvalue weighted by molar-refractivity contribution is 5.69. The first-order valence-corrected chi connectivity index (χ1v) is 9.66. The standard InChI is InChI=1S/C20H25N5O2/c1-2-25(12-18(26)27)15-9-14(10-15)22-20-16-6-3-7-17(16)23-19(24-20)13-5-4-8-21-11-13/h4-5,8,11,14-15H,2-3,6-7,9-10,12H2,1H3,(H,26,27)(H,22,23,24). The van der Waals surface area contributed by atoms with Gasteiger partial charge in [0.1, 0.15) is 5.82 Å². The fourth-order valence-electron chi connectivity index (χ4n) is 4.05. The number of likely N-dealkylation sites (N-methyl/N-ethyl adjacent to an activating group) is 1. The van der Waals surface area contributed by atoms with Gasteiger partial charge in [0.15, 0.2) is 5.82 Å². The minimum atomic E-state index is -0.761. The smallest absolute Gasteiger partial charge is 0.317 e. The van der Waals surface area contributed by atoms with Crippen LogP contribution in [0, 0.1) is 0 Å². The summed E-state index contributed by atoms with van der Waals surface area (Å²) >= 11 is 0. The van der Waals surface area contributed by atoms with Crippen LogP contribution in [0.2, 0.25) is 0 Å². The lowest BCUT2D eigenvalue weighted by Crippen LogP contribution is -2.51. The molecule has 2 aliphatic rings. The number of carboxylic acid groups (broad SMARTS) is 1. The van der Waals surface area contributed by atoms with E-state index in [1.807, 2.05) is 24.0 Å². The number of nitrogens with one attached hydrogen (secondary N) is 1. The molecule has 0 atom stereocenters. The maximum atomic E-state index is 11.0. The molecule has 0 spiro atoms. The molecule has 27 heavy (non-hydrogen) atoms. The van der Waals surface area contributed by atoms with Crippen LogP contribution in [0.15, 0.2) is 24.5 Å². The Morgan fingerprint density at radius 3 is 2.89 bits per heavy atom. The van der Waals surface area contributed by atoms with Gasteiger partial charge in [0.2, 0.25) is 0 Å². The first kappa shape index (κ1) is 17.9. The van der Waals surface area contributed by atoms with Crippen LogP contribution in [0.3, 0.4) is 0 Å². The number of carbonyl (C=O) groups is 1. The summed E-state index contributed by atoms with van der Waals surface area (Å²) in [4.78, 5) is 26.8. The largest absolute Gasteiger partial charge is 0.480 e. The molecule has 2 aromatic heterocycles. The second-order valence-electron chi connectivity index (χ2n) is 7.34. The number of nitrogens with zero attached hydrogens (tertiary/aromatic N) is 4. The molecule has 1 fully saturated rings. The van der Waals surface area contributed by atoms with Crippen molar-refractivity contribution in [1.29, 1.82) is 0 Å². The van der Waals surface area contributed by atoms with Crippen molar-refractivity contribution in [3.63, 3.8) is 0 Å². The number of fused-ring (bicyclic) bond motifs is 1. The zero-order chi connectivity index (χ0) is 18.8. The van der Waals surface area contributed by atoms with Crippen LogP contribution in [0.1, 0.15) is 37.4 Å². The topological polar surface area (TPSA) is 91.2 Å². The van der Waals surface area contributed by atoms with E-state index in [-0.39, 0.29) is 6.54 Å². The van der Waals surface area contributed by atoms with Gasteiger partial charge in [0, 0.05) is 41.3 Å². The lowest BCUT2D eigenvalue weighted by Gasteiger charge is -2.42. The fourth-order valence-corrected chi connectivity index (χ4v) is 4.05. The molecule has 2 aliphatic carbocycles.